The number of alkyl halides is 3. The van der Waals surface area contributed by atoms with Gasteiger partial charge in [0, 0.05) is 19.3 Å². The lowest BCUT2D eigenvalue weighted by Crippen LogP contribution is -2.45. The Hall–Kier alpha value is -2.91. The van der Waals surface area contributed by atoms with E-state index in [0.29, 0.717) is 31.4 Å². The second-order valence-electron chi connectivity index (χ2n) is 6.56. The van der Waals surface area contributed by atoms with Crippen LogP contribution in [0, 0.1) is 5.92 Å². The number of rotatable bonds is 3. The van der Waals surface area contributed by atoms with Crippen molar-refractivity contribution < 1.29 is 18.0 Å². The van der Waals surface area contributed by atoms with Crippen LogP contribution in [0.4, 0.5) is 18.9 Å². The maximum atomic E-state index is 12.4. The molecule has 7 nitrogen and oxygen atoms in total. The quantitative estimate of drug-likeness (QED) is 0.756. The molecule has 0 radical (unpaired) electrons. The summed E-state index contributed by atoms with van der Waals surface area (Å²) in [6, 6.07) is 3.68. The van der Waals surface area contributed by atoms with E-state index in [2.05, 4.69) is 15.2 Å². The first-order valence-electron chi connectivity index (χ1n) is 8.59. The maximum Gasteiger partial charge on any atom is 0.405 e. The van der Waals surface area contributed by atoms with Gasteiger partial charge >= 0.3 is 6.18 Å². The average Bonchev–Trinajstić information content (AvgIpc) is 3.14. The molecule has 1 atom stereocenters. The number of halogens is 3. The predicted molar refractivity (Wildman–Crippen MR) is 92.3 cm³/mol. The molecule has 4 rings (SSSR count). The molecule has 0 saturated carbocycles. The molecule has 1 aliphatic heterocycles. The number of nitrogens with one attached hydrogen (secondary N) is 1. The van der Waals surface area contributed by atoms with Crippen molar-refractivity contribution in [3.8, 4) is 0 Å². The Morgan fingerprint density at radius 3 is 2.93 bits per heavy atom. The van der Waals surface area contributed by atoms with Crippen LogP contribution in [0.5, 0.6) is 0 Å². The highest BCUT2D eigenvalue weighted by atomic mass is 19.4. The minimum atomic E-state index is -4.41. The summed E-state index contributed by atoms with van der Waals surface area (Å²) in [4.78, 5) is 18.6. The van der Waals surface area contributed by atoms with Crippen molar-refractivity contribution in [2.45, 2.75) is 19.0 Å². The van der Waals surface area contributed by atoms with Gasteiger partial charge in [-0.25, -0.2) is 0 Å². The highest BCUT2D eigenvalue weighted by molar-refractivity contribution is 6.02. The first-order valence-corrected chi connectivity index (χ1v) is 8.59. The molecule has 3 aromatic rings. The number of pyridine rings is 1. The third-order valence-electron chi connectivity index (χ3n) is 4.72. The van der Waals surface area contributed by atoms with E-state index in [9.17, 15) is 18.0 Å². The summed E-state index contributed by atoms with van der Waals surface area (Å²) in [5.74, 6) is -1.06. The first-order chi connectivity index (χ1) is 12.9. The van der Waals surface area contributed by atoms with E-state index in [-0.39, 0.29) is 0 Å². The second-order valence-corrected chi connectivity index (χ2v) is 6.56. The lowest BCUT2D eigenvalue weighted by atomic mass is 9.96. The Bertz CT molecular complexity index is 986. The van der Waals surface area contributed by atoms with Crippen LogP contribution in [0.15, 0.2) is 30.7 Å². The minimum Gasteiger partial charge on any atom is -0.370 e. The maximum absolute atomic E-state index is 12.4. The van der Waals surface area contributed by atoms with Gasteiger partial charge in [-0.2, -0.15) is 28.0 Å². The molecular weight excluding hydrogens is 361 g/mol. The summed E-state index contributed by atoms with van der Waals surface area (Å²) in [6.45, 7) is -0.237. The summed E-state index contributed by atoms with van der Waals surface area (Å²) in [6.07, 6.45) is 1.80. The number of anilines is 1. The van der Waals surface area contributed by atoms with E-state index in [1.807, 2.05) is 22.3 Å². The van der Waals surface area contributed by atoms with Crippen molar-refractivity contribution in [3.05, 3.63) is 30.7 Å². The van der Waals surface area contributed by atoms with Crippen molar-refractivity contribution in [1.82, 2.24) is 25.1 Å². The van der Waals surface area contributed by atoms with Crippen LogP contribution < -0.4 is 10.2 Å². The third-order valence-corrected chi connectivity index (χ3v) is 4.72. The zero-order chi connectivity index (χ0) is 19.0. The predicted octanol–water partition coefficient (Wildman–Crippen LogP) is 2.17. The smallest absolute Gasteiger partial charge is 0.370 e. The largest absolute Gasteiger partial charge is 0.405 e. The zero-order valence-electron chi connectivity index (χ0n) is 14.3. The summed E-state index contributed by atoms with van der Waals surface area (Å²) < 4.78 is 38.6. The number of hydrogen-bond donors (Lipinski definition) is 1. The Labute approximate surface area is 152 Å². The highest BCUT2D eigenvalue weighted by Gasteiger charge is 2.32. The number of nitrogens with zero attached hydrogens (tertiary/aromatic N) is 5. The van der Waals surface area contributed by atoms with E-state index < -0.39 is 24.5 Å². The monoisotopic (exact) mass is 378 g/mol. The highest BCUT2D eigenvalue weighted by Crippen LogP contribution is 2.31. The molecule has 1 N–H and O–H groups in total. The number of fused-ring (bicyclic) bond motifs is 3. The molecule has 4 heterocycles. The van der Waals surface area contributed by atoms with Crippen molar-refractivity contribution >= 4 is 28.0 Å². The summed E-state index contributed by atoms with van der Waals surface area (Å²) in [5, 5.41) is 11.2. The van der Waals surface area contributed by atoms with Gasteiger partial charge in [0.05, 0.1) is 40.4 Å². The minimum absolute atomic E-state index is 0.353. The van der Waals surface area contributed by atoms with Gasteiger partial charge in [-0.05, 0) is 25.0 Å². The number of aromatic nitrogens is 4. The third kappa shape index (κ3) is 3.51. The Morgan fingerprint density at radius 2 is 2.11 bits per heavy atom. The molecular formula is C17H17F3N6O. The fraction of sp³-hybridized carbons (Fsp3) is 0.412. The SMILES string of the molecule is O=C(NCC(F)(F)F)C1CCCN(c2ccnc3cnn4nccc4c23)C1. The fourth-order valence-corrected chi connectivity index (χ4v) is 3.51. The van der Waals surface area contributed by atoms with Crippen LogP contribution in [0.1, 0.15) is 12.8 Å². The van der Waals surface area contributed by atoms with E-state index in [4.69, 9.17) is 0 Å². The van der Waals surface area contributed by atoms with Gasteiger partial charge in [-0.3, -0.25) is 9.78 Å². The van der Waals surface area contributed by atoms with Gasteiger partial charge in [0.1, 0.15) is 6.54 Å². The van der Waals surface area contributed by atoms with Crippen molar-refractivity contribution in [2.24, 2.45) is 5.92 Å². The van der Waals surface area contributed by atoms with E-state index in [1.165, 1.54) is 4.63 Å². The molecule has 0 aromatic carbocycles. The van der Waals surface area contributed by atoms with E-state index in [0.717, 1.165) is 16.6 Å². The van der Waals surface area contributed by atoms with Crippen LogP contribution in [0.25, 0.3) is 16.4 Å². The molecule has 1 amide bonds. The molecule has 10 heteroatoms. The van der Waals surface area contributed by atoms with Gasteiger partial charge in [0.15, 0.2) is 0 Å². The number of carbonyl (C=O) groups is 1. The average molecular weight is 378 g/mol. The topological polar surface area (TPSA) is 75.4 Å². The molecule has 1 aliphatic rings. The normalized spacial score (nSPS) is 18.2. The lowest BCUT2D eigenvalue weighted by Gasteiger charge is -2.34. The standard InChI is InChI=1S/C17H17F3N6O/c18-17(19,20)10-22-16(27)11-2-1-7-25(9-11)13-3-5-21-12-8-24-26-14(15(12)13)4-6-23-26/h3-6,8,11H,1-2,7,9-10H2,(H,22,27). The Morgan fingerprint density at radius 1 is 1.26 bits per heavy atom. The zero-order valence-corrected chi connectivity index (χ0v) is 14.3. The molecule has 0 aliphatic carbocycles. The fourth-order valence-electron chi connectivity index (χ4n) is 3.51. The number of hydrogen-bond acceptors (Lipinski definition) is 5. The van der Waals surface area contributed by atoms with E-state index in [1.54, 1.807) is 18.6 Å². The first kappa shape index (κ1) is 17.5. The number of piperidine rings is 1. The molecule has 0 spiro atoms. The van der Waals surface area contributed by atoms with Crippen molar-refractivity contribution in [3.63, 3.8) is 0 Å². The van der Waals surface area contributed by atoms with Crippen LogP contribution in [-0.2, 0) is 4.79 Å². The van der Waals surface area contributed by atoms with Crippen LogP contribution >= 0.6 is 0 Å². The molecule has 142 valence electrons. The number of carbonyl (C=O) groups excluding carboxylic acids is 1. The molecule has 1 unspecified atom stereocenters. The molecule has 1 saturated heterocycles. The van der Waals surface area contributed by atoms with Gasteiger partial charge in [-0.15, -0.1) is 0 Å². The summed E-state index contributed by atoms with van der Waals surface area (Å²) >= 11 is 0. The number of amides is 1. The van der Waals surface area contributed by atoms with Crippen LogP contribution in [0.3, 0.4) is 0 Å². The summed E-state index contributed by atoms with van der Waals surface area (Å²) in [7, 11) is 0. The van der Waals surface area contributed by atoms with Gasteiger partial charge in [0.25, 0.3) is 0 Å². The Balaban J connectivity index is 1.62. The van der Waals surface area contributed by atoms with Gasteiger partial charge in [-0.1, -0.05) is 0 Å². The lowest BCUT2D eigenvalue weighted by molar-refractivity contribution is -0.140. The van der Waals surface area contributed by atoms with Crippen LogP contribution in [-0.4, -0.2) is 51.5 Å². The van der Waals surface area contributed by atoms with Gasteiger partial charge in [0.2, 0.25) is 5.91 Å². The summed E-state index contributed by atoms with van der Waals surface area (Å²) in [5.41, 5.74) is 2.37. The molecule has 27 heavy (non-hydrogen) atoms. The van der Waals surface area contributed by atoms with Crippen molar-refractivity contribution in [2.75, 3.05) is 24.5 Å². The van der Waals surface area contributed by atoms with Crippen LogP contribution in [0.2, 0.25) is 0 Å². The molecule has 3 aromatic heterocycles. The molecule has 0 bridgehead atoms. The van der Waals surface area contributed by atoms with E-state index >= 15 is 0 Å². The van der Waals surface area contributed by atoms with Gasteiger partial charge < -0.3 is 10.2 Å². The van der Waals surface area contributed by atoms with Crippen molar-refractivity contribution in [1.29, 1.82) is 0 Å². The Kier molecular flexibility index (Phi) is 4.33. The second kappa shape index (κ2) is 6.67. The molecule has 1 fully saturated rings.